The highest BCUT2D eigenvalue weighted by Gasteiger charge is 2.57. The van der Waals surface area contributed by atoms with Crippen LogP contribution in [0.15, 0.2) is 36.6 Å². The standard InChI is InChI=1S/C16H15NO5/c1-21-17-13-5-3-2-4-12(13)16(7-8-18,15(17)20)14-10-11(19)6-9-22-14/h2-6,8-9,14H,7,10H2,1H3. The van der Waals surface area contributed by atoms with E-state index in [4.69, 9.17) is 9.57 Å². The minimum Gasteiger partial charge on any atom is -0.496 e. The van der Waals surface area contributed by atoms with E-state index in [0.29, 0.717) is 17.5 Å². The van der Waals surface area contributed by atoms with Gasteiger partial charge in [0.05, 0.1) is 19.1 Å². The molecule has 0 saturated heterocycles. The lowest BCUT2D eigenvalue weighted by Crippen LogP contribution is -2.50. The molecular formula is C16H15NO5. The summed E-state index contributed by atoms with van der Waals surface area (Å²) in [6.45, 7) is 0. The third-order valence-electron chi connectivity index (χ3n) is 4.19. The Morgan fingerprint density at radius 1 is 1.41 bits per heavy atom. The fourth-order valence-electron chi connectivity index (χ4n) is 3.19. The Kier molecular flexibility index (Phi) is 3.54. The van der Waals surface area contributed by atoms with Crippen molar-refractivity contribution < 1.29 is 24.0 Å². The monoisotopic (exact) mass is 301 g/mol. The fourth-order valence-corrected chi connectivity index (χ4v) is 3.19. The predicted octanol–water partition coefficient (Wildman–Crippen LogP) is 1.29. The van der Waals surface area contributed by atoms with Crippen LogP contribution in [0.2, 0.25) is 0 Å². The van der Waals surface area contributed by atoms with Crippen molar-refractivity contribution in [2.24, 2.45) is 0 Å². The maximum Gasteiger partial charge on any atom is 0.265 e. The Balaban J connectivity index is 2.18. The minimum absolute atomic E-state index is 0.0436. The van der Waals surface area contributed by atoms with Crippen molar-refractivity contribution in [1.82, 2.24) is 0 Å². The molecule has 2 aliphatic heterocycles. The second-order valence-electron chi connectivity index (χ2n) is 5.24. The van der Waals surface area contributed by atoms with Crippen LogP contribution >= 0.6 is 0 Å². The number of benzene rings is 1. The number of carbonyl (C=O) groups excluding carboxylic acids is 3. The molecule has 0 aromatic heterocycles. The molecule has 2 atom stereocenters. The molecule has 1 amide bonds. The van der Waals surface area contributed by atoms with Gasteiger partial charge in [0.15, 0.2) is 5.78 Å². The summed E-state index contributed by atoms with van der Waals surface area (Å²) in [7, 11) is 1.39. The molecule has 2 aliphatic rings. The first-order chi connectivity index (χ1) is 10.6. The van der Waals surface area contributed by atoms with Crippen LogP contribution in [0.25, 0.3) is 0 Å². The van der Waals surface area contributed by atoms with Crippen LogP contribution in [0.1, 0.15) is 18.4 Å². The quantitative estimate of drug-likeness (QED) is 0.784. The number of hydroxylamine groups is 1. The first-order valence-corrected chi connectivity index (χ1v) is 6.92. The average molecular weight is 301 g/mol. The van der Waals surface area contributed by atoms with E-state index in [0.717, 1.165) is 5.06 Å². The molecule has 0 saturated carbocycles. The Morgan fingerprint density at radius 3 is 2.86 bits per heavy atom. The number of allylic oxidation sites excluding steroid dienone is 1. The lowest BCUT2D eigenvalue weighted by Gasteiger charge is -2.35. The molecule has 22 heavy (non-hydrogen) atoms. The van der Waals surface area contributed by atoms with Crippen molar-refractivity contribution in [2.45, 2.75) is 24.4 Å². The number of hydrogen-bond acceptors (Lipinski definition) is 5. The topological polar surface area (TPSA) is 72.9 Å². The number of rotatable bonds is 4. The third-order valence-corrected chi connectivity index (χ3v) is 4.19. The van der Waals surface area contributed by atoms with Gasteiger partial charge in [0.1, 0.15) is 17.8 Å². The van der Waals surface area contributed by atoms with Crippen molar-refractivity contribution in [3.63, 3.8) is 0 Å². The molecule has 0 N–H and O–H groups in total. The van der Waals surface area contributed by atoms with E-state index in [2.05, 4.69) is 0 Å². The zero-order chi connectivity index (χ0) is 15.7. The molecule has 114 valence electrons. The molecule has 0 fully saturated rings. The number of anilines is 1. The number of aldehydes is 1. The van der Waals surface area contributed by atoms with Gasteiger partial charge >= 0.3 is 0 Å². The number of ether oxygens (including phenoxy) is 1. The van der Waals surface area contributed by atoms with Gasteiger partial charge in [-0.25, -0.2) is 0 Å². The fraction of sp³-hybridized carbons (Fsp3) is 0.312. The number of fused-ring (bicyclic) bond motifs is 1. The highest BCUT2D eigenvalue weighted by Crippen LogP contribution is 2.48. The molecule has 0 spiro atoms. The van der Waals surface area contributed by atoms with Crippen molar-refractivity contribution in [1.29, 1.82) is 0 Å². The molecule has 2 heterocycles. The molecule has 1 aromatic carbocycles. The number of nitrogens with zero attached hydrogens (tertiary/aromatic N) is 1. The molecule has 1 aromatic rings. The zero-order valence-corrected chi connectivity index (χ0v) is 12.0. The van der Waals surface area contributed by atoms with Crippen LogP contribution in [0, 0.1) is 0 Å². The number of carbonyl (C=O) groups is 3. The zero-order valence-electron chi connectivity index (χ0n) is 12.0. The van der Waals surface area contributed by atoms with E-state index in [1.165, 1.54) is 19.4 Å². The molecular weight excluding hydrogens is 286 g/mol. The van der Waals surface area contributed by atoms with Gasteiger partial charge in [-0.15, -0.1) is 0 Å². The van der Waals surface area contributed by atoms with Crippen molar-refractivity contribution in [3.8, 4) is 0 Å². The summed E-state index contributed by atoms with van der Waals surface area (Å²) in [6.07, 6.45) is 2.53. The molecule has 0 bridgehead atoms. The summed E-state index contributed by atoms with van der Waals surface area (Å²) in [5.74, 6) is -0.529. The van der Waals surface area contributed by atoms with E-state index in [9.17, 15) is 14.4 Å². The van der Waals surface area contributed by atoms with E-state index in [-0.39, 0.29) is 18.6 Å². The maximum absolute atomic E-state index is 12.9. The van der Waals surface area contributed by atoms with Crippen molar-refractivity contribution in [2.75, 3.05) is 12.2 Å². The van der Waals surface area contributed by atoms with Crippen LogP contribution in [-0.4, -0.2) is 31.2 Å². The highest BCUT2D eigenvalue weighted by molar-refractivity contribution is 6.09. The molecule has 6 nitrogen and oxygen atoms in total. The molecule has 6 heteroatoms. The molecule has 3 rings (SSSR count). The maximum atomic E-state index is 12.9. The van der Waals surface area contributed by atoms with Crippen molar-refractivity contribution >= 4 is 23.7 Å². The summed E-state index contributed by atoms with van der Waals surface area (Å²) >= 11 is 0. The van der Waals surface area contributed by atoms with E-state index in [1.807, 2.05) is 0 Å². The first-order valence-electron chi connectivity index (χ1n) is 6.92. The van der Waals surface area contributed by atoms with Crippen LogP contribution < -0.4 is 5.06 Å². The highest BCUT2D eigenvalue weighted by atomic mass is 16.7. The summed E-state index contributed by atoms with van der Waals surface area (Å²) in [4.78, 5) is 41.1. The predicted molar refractivity (Wildman–Crippen MR) is 76.9 cm³/mol. The van der Waals surface area contributed by atoms with Crippen LogP contribution in [-0.2, 0) is 29.4 Å². The molecule has 2 unspecified atom stereocenters. The third kappa shape index (κ3) is 1.88. The normalized spacial score (nSPS) is 26.8. The van der Waals surface area contributed by atoms with Gasteiger partial charge in [0.25, 0.3) is 5.91 Å². The minimum atomic E-state index is -1.24. The molecule has 0 aliphatic carbocycles. The SMILES string of the molecule is CON1C(=O)C(CC=O)(C2CC(=O)C=CO2)c2ccccc21. The number of hydrogen-bond donors (Lipinski definition) is 0. The number of amides is 1. The van der Waals surface area contributed by atoms with Gasteiger partial charge in [-0.05, 0) is 11.6 Å². The Labute approximate surface area is 127 Å². The summed E-state index contributed by atoms with van der Waals surface area (Å²) in [5, 5.41) is 1.16. The van der Waals surface area contributed by atoms with E-state index < -0.39 is 17.4 Å². The van der Waals surface area contributed by atoms with Gasteiger partial charge < -0.3 is 9.53 Å². The molecule has 0 radical (unpaired) electrons. The summed E-state index contributed by atoms with van der Waals surface area (Å²) < 4.78 is 5.54. The summed E-state index contributed by atoms with van der Waals surface area (Å²) in [5.41, 5.74) is -0.0288. The Bertz CT molecular complexity index is 668. The number of para-hydroxylation sites is 1. The van der Waals surface area contributed by atoms with E-state index in [1.54, 1.807) is 24.3 Å². The van der Waals surface area contributed by atoms with Crippen molar-refractivity contribution in [3.05, 3.63) is 42.2 Å². The van der Waals surface area contributed by atoms with Crippen LogP contribution in [0.5, 0.6) is 0 Å². The second-order valence-corrected chi connectivity index (χ2v) is 5.24. The van der Waals surface area contributed by atoms with Gasteiger partial charge in [0.2, 0.25) is 0 Å². The van der Waals surface area contributed by atoms with Crippen LogP contribution in [0.3, 0.4) is 0 Å². The first kappa shape index (κ1) is 14.5. The van der Waals surface area contributed by atoms with Gasteiger partial charge in [0, 0.05) is 18.9 Å². The second kappa shape index (κ2) is 5.38. The van der Waals surface area contributed by atoms with Gasteiger partial charge in [-0.2, -0.15) is 5.06 Å². The Morgan fingerprint density at radius 2 is 2.18 bits per heavy atom. The largest absolute Gasteiger partial charge is 0.496 e. The van der Waals surface area contributed by atoms with Gasteiger partial charge in [-0.3, -0.25) is 14.4 Å². The smallest absolute Gasteiger partial charge is 0.265 e. The average Bonchev–Trinajstić information content (AvgIpc) is 2.77. The van der Waals surface area contributed by atoms with E-state index >= 15 is 0 Å². The Hall–Kier alpha value is -2.47. The lowest BCUT2D eigenvalue weighted by atomic mass is 9.72. The van der Waals surface area contributed by atoms with Crippen LogP contribution in [0.4, 0.5) is 5.69 Å². The summed E-state index contributed by atoms with van der Waals surface area (Å²) in [6, 6.07) is 7.07. The van der Waals surface area contributed by atoms with Gasteiger partial charge in [-0.1, -0.05) is 18.2 Å². The number of ketones is 1. The lowest BCUT2D eigenvalue weighted by molar-refractivity contribution is -0.137.